The van der Waals surface area contributed by atoms with E-state index in [0.29, 0.717) is 24.0 Å². The molecule has 2 N–H and O–H groups in total. The lowest BCUT2D eigenvalue weighted by Gasteiger charge is -2.42. The molecule has 6 atom stereocenters. The van der Waals surface area contributed by atoms with Crippen LogP contribution in [0.3, 0.4) is 0 Å². The quantitative estimate of drug-likeness (QED) is 0.205. The molecule has 274 valence electrons. The van der Waals surface area contributed by atoms with E-state index in [0.717, 1.165) is 94.3 Å². The monoisotopic (exact) mass is 717 g/mol. The third-order valence-electron chi connectivity index (χ3n) is 10.4. The van der Waals surface area contributed by atoms with Crippen LogP contribution >= 0.6 is 11.6 Å². The van der Waals surface area contributed by atoms with Crippen LogP contribution in [0.1, 0.15) is 107 Å². The number of fused-ring (bicyclic) bond motifs is 1. The molecule has 1 saturated carbocycles. The summed E-state index contributed by atoms with van der Waals surface area (Å²) in [5.74, 6) is 1.90. The van der Waals surface area contributed by atoms with Crippen molar-refractivity contribution in [3.8, 4) is 5.75 Å². The van der Waals surface area contributed by atoms with Gasteiger partial charge < -0.3 is 24.4 Å². The number of aryl methyl sites for hydroxylation is 1. The molecule has 1 amide bonds. The van der Waals surface area contributed by atoms with Crippen LogP contribution in [-0.2, 0) is 26.9 Å². The zero-order chi connectivity index (χ0) is 35.3. The average molecular weight is 718 g/mol. The smallest absolute Gasteiger partial charge is 0.263 e. The van der Waals surface area contributed by atoms with Crippen molar-refractivity contribution in [2.24, 2.45) is 17.8 Å². The predicted molar refractivity (Wildman–Crippen MR) is 202 cm³/mol. The Kier molecular flexibility index (Phi) is 16.2. The number of carbonyl (C=O) groups is 1. The second-order valence-corrected chi connectivity index (χ2v) is 15.9. The molecule has 1 saturated heterocycles. The molecule has 8 nitrogen and oxygen atoms in total. The van der Waals surface area contributed by atoms with Gasteiger partial charge in [0.25, 0.3) is 5.91 Å². The van der Waals surface area contributed by atoms with Gasteiger partial charge in [-0.15, -0.1) is 0 Å². The number of benzene rings is 2. The van der Waals surface area contributed by atoms with Crippen LogP contribution in [0.15, 0.2) is 36.4 Å². The van der Waals surface area contributed by atoms with E-state index >= 15 is 0 Å². The number of carbonyl (C=O) groups excluding carboxylic acids is 1. The lowest BCUT2D eigenvalue weighted by Crippen LogP contribution is -2.42. The number of halogens is 1. The Morgan fingerprint density at radius 1 is 1.04 bits per heavy atom. The first-order valence-electron chi connectivity index (χ1n) is 18.6. The zero-order valence-electron chi connectivity index (χ0n) is 30.6. The summed E-state index contributed by atoms with van der Waals surface area (Å²) in [5.41, 5.74) is 3.96. The fourth-order valence-corrected chi connectivity index (χ4v) is 8.23. The fourth-order valence-electron chi connectivity index (χ4n) is 6.99. The van der Waals surface area contributed by atoms with Crippen LogP contribution in [0.25, 0.3) is 0 Å². The van der Waals surface area contributed by atoms with Gasteiger partial charge in [0.2, 0.25) is 0 Å². The summed E-state index contributed by atoms with van der Waals surface area (Å²) < 4.78 is 34.2. The fraction of sp³-hybridized carbons (Fsp3) is 0.667. The predicted octanol–water partition coefficient (Wildman–Crippen LogP) is 7.90. The van der Waals surface area contributed by atoms with Gasteiger partial charge in [-0.3, -0.25) is 9.52 Å². The van der Waals surface area contributed by atoms with Crippen LogP contribution < -0.4 is 19.7 Å². The number of amides is 1. The van der Waals surface area contributed by atoms with E-state index in [1.165, 1.54) is 17.5 Å². The molecule has 0 radical (unpaired) electrons. The lowest BCUT2D eigenvalue weighted by atomic mass is 9.71. The van der Waals surface area contributed by atoms with E-state index in [2.05, 4.69) is 54.8 Å². The first-order valence-corrected chi connectivity index (χ1v) is 20.2. The number of nitrogens with zero attached hydrogens (tertiary/aromatic N) is 1. The Labute approximate surface area is 303 Å². The molecule has 0 spiro atoms. The maximum Gasteiger partial charge on any atom is 0.263 e. The molecular weight excluding hydrogens is 658 g/mol. The van der Waals surface area contributed by atoms with E-state index < -0.39 is 11.0 Å². The van der Waals surface area contributed by atoms with E-state index in [9.17, 15) is 9.00 Å². The van der Waals surface area contributed by atoms with Crippen LogP contribution in [0.2, 0.25) is 5.02 Å². The Balaban J connectivity index is 0.00000128. The van der Waals surface area contributed by atoms with Crippen molar-refractivity contribution in [2.45, 2.75) is 103 Å². The molecule has 2 heterocycles. The molecule has 2 aromatic rings. The van der Waals surface area contributed by atoms with Crippen molar-refractivity contribution in [3.63, 3.8) is 0 Å². The van der Waals surface area contributed by atoms with Crippen molar-refractivity contribution < 1.29 is 23.2 Å². The first kappa shape index (κ1) is 39.6. The van der Waals surface area contributed by atoms with E-state index in [4.69, 9.17) is 25.8 Å². The van der Waals surface area contributed by atoms with Gasteiger partial charge in [0.05, 0.1) is 30.8 Å². The molecule has 10 heteroatoms. The van der Waals surface area contributed by atoms with Gasteiger partial charge in [-0.25, -0.2) is 4.21 Å². The van der Waals surface area contributed by atoms with E-state index in [1.54, 1.807) is 6.07 Å². The van der Waals surface area contributed by atoms with Gasteiger partial charge in [-0.1, -0.05) is 58.2 Å². The molecule has 2 aromatic carbocycles. The molecule has 5 rings (SSSR count). The second kappa shape index (κ2) is 20.0. The van der Waals surface area contributed by atoms with Gasteiger partial charge in [-0.2, -0.15) is 0 Å². The molecule has 0 bridgehead atoms. The summed E-state index contributed by atoms with van der Waals surface area (Å²) in [4.78, 5) is 15.8. The van der Waals surface area contributed by atoms with E-state index in [1.807, 2.05) is 32.2 Å². The summed E-state index contributed by atoms with van der Waals surface area (Å²) >= 11 is 6.43. The van der Waals surface area contributed by atoms with Crippen molar-refractivity contribution >= 4 is 34.2 Å². The molecule has 1 aliphatic carbocycles. The largest absolute Gasteiger partial charge is 0.491 e. The topological polar surface area (TPSA) is 89.1 Å². The summed E-state index contributed by atoms with van der Waals surface area (Å²) in [6.45, 7) is 15.2. The Bertz CT molecular complexity index is 1350. The first-order chi connectivity index (χ1) is 23.7. The molecule has 2 aliphatic heterocycles. The SMILES string of the molecule is CCCc1cc(Cl)ccc1C1COc2ccc(C(=O)NS(=O)C(C)C(C)CCC)cc2N(CC2CCC2CC2OCCCO2)C1.CCNC. The minimum absolute atomic E-state index is 0.108. The molecule has 49 heavy (non-hydrogen) atoms. The Hall–Kier alpha value is -2.17. The highest BCUT2D eigenvalue weighted by molar-refractivity contribution is 7.84. The molecule has 0 aromatic heterocycles. The Morgan fingerprint density at radius 2 is 1.78 bits per heavy atom. The van der Waals surface area contributed by atoms with E-state index in [-0.39, 0.29) is 29.3 Å². The van der Waals surface area contributed by atoms with Crippen LogP contribution in [0.5, 0.6) is 5.75 Å². The number of hydrogen-bond acceptors (Lipinski definition) is 7. The standard InChI is InChI=1S/C36H51ClN2O5S.C3H9N/c1-5-8-24(3)25(4)45(41)38-36(40)28-12-15-34-33(19-28)39(21-29-11-10-26(29)20-35-42-16-7-17-43-35)22-30(23-44-34)32-14-13-31(37)18-27(32)9-6-2;1-3-4-2/h12-15,18-19,24-26,29-30,35H,5-11,16-17,20-23H2,1-4H3,(H,38,40);4H,3H2,1-2H3. The molecular formula is C39H60ClN3O5S. The normalized spacial score (nSPS) is 22.7. The van der Waals surface area contributed by atoms with Gasteiger partial charge in [-0.05, 0) is 112 Å². The second-order valence-electron chi connectivity index (χ2n) is 14.0. The number of hydrogen-bond donors (Lipinski definition) is 2. The highest BCUT2D eigenvalue weighted by atomic mass is 35.5. The van der Waals surface area contributed by atoms with Crippen molar-refractivity contribution in [1.82, 2.24) is 10.0 Å². The van der Waals surface area contributed by atoms with Gasteiger partial charge in [0, 0.05) is 36.0 Å². The van der Waals surface area contributed by atoms with Gasteiger partial charge >= 0.3 is 0 Å². The molecule has 6 unspecified atom stereocenters. The molecule has 2 fully saturated rings. The lowest BCUT2D eigenvalue weighted by molar-refractivity contribution is -0.192. The minimum Gasteiger partial charge on any atom is -0.491 e. The summed E-state index contributed by atoms with van der Waals surface area (Å²) in [6.07, 6.45) is 8.11. The summed E-state index contributed by atoms with van der Waals surface area (Å²) in [7, 11) is 0.463. The van der Waals surface area contributed by atoms with Crippen LogP contribution in [0, 0.1) is 17.8 Å². The summed E-state index contributed by atoms with van der Waals surface area (Å²) in [5, 5.41) is 3.56. The number of ether oxygens (including phenoxy) is 3. The highest BCUT2D eigenvalue weighted by Gasteiger charge is 2.37. The van der Waals surface area contributed by atoms with Crippen molar-refractivity contribution in [1.29, 1.82) is 0 Å². The Morgan fingerprint density at radius 3 is 2.43 bits per heavy atom. The highest BCUT2D eigenvalue weighted by Crippen LogP contribution is 2.43. The minimum atomic E-state index is -1.47. The van der Waals surface area contributed by atoms with Crippen molar-refractivity contribution in [2.75, 3.05) is 51.4 Å². The van der Waals surface area contributed by atoms with Gasteiger partial charge in [0.15, 0.2) is 6.29 Å². The maximum absolute atomic E-state index is 13.4. The van der Waals surface area contributed by atoms with Crippen LogP contribution in [0.4, 0.5) is 5.69 Å². The third-order valence-corrected chi connectivity index (χ3v) is 12.1. The van der Waals surface area contributed by atoms with Crippen LogP contribution in [-0.4, -0.2) is 68.2 Å². The number of anilines is 1. The maximum atomic E-state index is 13.4. The summed E-state index contributed by atoms with van der Waals surface area (Å²) in [6, 6.07) is 11.9. The number of rotatable bonds is 14. The third kappa shape index (κ3) is 11.2. The van der Waals surface area contributed by atoms with Crippen molar-refractivity contribution in [3.05, 3.63) is 58.1 Å². The molecule has 3 aliphatic rings. The zero-order valence-corrected chi connectivity index (χ0v) is 32.2. The van der Waals surface area contributed by atoms with Gasteiger partial charge in [0.1, 0.15) is 16.7 Å². The number of nitrogens with one attached hydrogen (secondary N) is 2. The average Bonchev–Trinajstić information content (AvgIpc) is 3.28.